The van der Waals surface area contributed by atoms with Crippen LogP contribution >= 0.6 is 15.9 Å². The average molecular weight is 587 g/mol. The van der Waals surface area contributed by atoms with E-state index in [9.17, 15) is 24.5 Å². The van der Waals surface area contributed by atoms with Crippen LogP contribution in [0.5, 0.6) is 5.75 Å². The van der Waals surface area contributed by atoms with E-state index in [0.29, 0.717) is 5.56 Å². The van der Waals surface area contributed by atoms with Crippen LogP contribution in [0.1, 0.15) is 43.0 Å². The Labute approximate surface area is 232 Å². The largest absolute Gasteiger partial charge is 0.419 e. The average Bonchev–Trinajstić information content (AvgIpc) is 2.93. The summed E-state index contributed by atoms with van der Waals surface area (Å²) in [6.45, 7) is 2.24. The summed E-state index contributed by atoms with van der Waals surface area (Å²) in [6.07, 6.45) is -0.0871. The number of ether oxygens (including phenoxy) is 1. The van der Waals surface area contributed by atoms with Crippen molar-refractivity contribution >= 4 is 39.3 Å². The number of nitro groups is 1. The molecule has 9 heteroatoms. The lowest BCUT2D eigenvalue weighted by molar-refractivity contribution is -0.385. The molecule has 4 rings (SSSR count). The second-order valence-corrected chi connectivity index (χ2v) is 9.68. The predicted octanol–water partition coefficient (Wildman–Crippen LogP) is 5.97. The number of amides is 1. The molecule has 0 aliphatic rings. The van der Waals surface area contributed by atoms with Crippen molar-refractivity contribution in [1.29, 1.82) is 0 Å². The van der Waals surface area contributed by atoms with Gasteiger partial charge in [-0.15, -0.1) is 0 Å². The maximum atomic E-state index is 13.3. The van der Waals surface area contributed by atoms with Crippen LogP contribution in [-0.4, -0.2) is 22.6 Å². The Bertz CT molecular complexity index is 1550. The summed E-state index contributed by atoms with van der Waals surface area (Å²) in [6, 6.07) is 24.5. The van der Waals surface area contributed by atoms with E-state index in [0.717, 1.165) is 21.7 Å². The van der Waals surface area contributed by atoms with Crippen molar-refractivity contribution in [3.05, 3.63) is 139 Å². The fourth-order valence-electron chi connectivity index (χ4n) is 3.83. The van der Waals surface area contributed by atoms with Crippen LogP contribution in [-0.2, 0) is 17.8 Å². The molecule has 8 nitrogen and oxygen atoms in total. The number of rotatable bonds is 9. The molecule has 0 fully saturated rings. The summed E-state index contributed by atoms with van der Waals surface area (Å²) in [5.74, 6) is -1.99. The van der Waals surface area contributed by atoms with E-state index in [1.54, 1.807) is 36.4 Å². The molecule has 4 aromatic rings. The molecule has 0 aliphatic heterocycles. The van der Waals surface area contributed by atoms with Gasteiger partial charge in [0.25, 0.3) is 5.91 Å². The number of nitrogens with one attached hydrogen (secondary N) is 1. The number of carbonyl (C=O) groups excluding carboxylic acids is 3. The normalized spacial score (nSPS) is 10.5. The van der Waals surface area contributed by atoms with Gasteiger partial charge in [0.1, 0.15) is 0 Å². The fraction of sp³-hybridized carbons (Fsp3) is 0.100. The van der Waals surface area contributed by atoms with Gasteiger partial charge in [-0.2, -0.15) is 0 Å². The highest BCUT2D eigenvalue weighted by molar-refractivity contribution is 9.10. The highest BCUT2D eigenvalue weighted by atomic mass is 79.9. The van der Waals surface area contributed by atoms with E-state index in [2.05, 4.69) is 21.2 Å². The highest BCUT2D eigenvalue weighted by Gasteiger charge is 2.24. The van der Waals surface area contributed by atoms with Crippen molar-refractivity contribution in [1.82, 2.24) is 5.32 Å². The first-order valence-corrected chi connectivity index (χ1v) is 12.7. The summed E-state index contributed by atoms with van der Waals surface area (Å²) >= 11 is 3.32. The maximum Gasteiger partial charge on any atom is 0.315 e. The van der Waals surface area contributed by atoms with Crippen molar-refractivity contribution in [2.75, 3.05) is 0 Å². The molecule has 0 saturated heterocycles. The number of aryl methyl sites for hydroxylation is 1. The van der Waals surface area contributed by atoms with Gasteiger partial charge in [-0.3, -0.25) is 24.5 Å². The molecule has 0 saturated carbocycles. The summed E-state index contributed by atoms with van der Waals surface area (Å²) in [4.78, 5) is 49.7. The molecule has 0 spiro atoms. The third-order valence-electron chi connectivity index (χ3n) is 5.89. The molecule has 1 N–H and O–H groups in total. The Morgan fingerprint density at radius 1 is 0.872 bits per heavy atom. The lowest BCUT2D eigenvalue weighted by Gasteiger charge is -2.11. The van der Waals surface area contributed by atoms with E-state index >= 15 is 0 Å². The monoisotopic (exact) mass is 586 g/mol. The summed E-state index contributed by atoms with van der Waals surface area (Å²) in [5.41, 5.74) is 2.35. The maximum absolute atomic E-state index is 13.3. The molecule has 0 atom stereocenters. The van der Waals surface area contributed by atoms with E-state index in [-0.39, 0.29) is 35.4 Å². The van der Waals surface area contributed by atoms with Crippen LogP contribution < -0.4 is 10.1 Å². The third kappa shape index (κ3) is 7.03. The summed E-state index contributed by atoms with van der Waals surface area (Å²) < 4.78 is 6.10. The Kier molecular flexibility index (Phi) is 8.63. The zero-order valence-corrected chi connectivity index (χ0v) is 22.4. The molecule has 0 heterocycles. The predicted molar refractivity (Wildman–Crippen MR) is 149 cm³/mol. The molecular formula is C30H23BrN2O6. The van der Waals surface area contributed by atoms with Crippen LogP contribution in [0.15, 0.2) is 95.5 Å². The van der Waals surface area contributed by atoms with Gasteiger partial charge < -0.3 is 10.1 Å². The standard InChI is InChI=1S/C30H23BrN2O6/c1-19-6-8-21(9-7-19)18-32-30(36)25-5-3-2-4-24(25)29(35)22-12-15-27(26(17-22)33(37)38)39-28(34)16-20-10-13-23(31)14-11-20/h2-15,17H,16,18H2,1H3,(H,32,36). The molecule has 0 unspecified atom stereocenters. The number of halogens is 1. The molecule has 196 valence electrons. The van der Waals surface area contributed by atoms with Crippen molar-refractivity contribution < 1.29 is 24.0 Å². The zero-order chi connectivity index (χ0) is 27.9. The van der Waals surface area contributed by atoms with Gasteiger partial charge in [0.05, 0.1) is 16.9 Å². The first-order chi connectivity index (χ1) is 18.7. The number of carbonyl (C=O) groups is 3. The quantitative estimate of drug-likeness (QED) is 0.0848. The highest BCUT2D eigenvalue weighted by Crippen LogP contribution is 2.30. The van der Waals surface area contributed by atoms with Crippen molar-refractivity contribution in [3.8, 4) is 5.75 Å². The summed E-state index contributed by atoms with van der Waals surface area (Å²) in [7, 11) is 0. The number of nitrogens with zero attached hydrogens (tertiary/aromatic N) is 1. The Morgan fingerprint density at radius 2 is 1.51 bits per heavy atom. The van der Waals surface area contributed by atoms with Gasteiger partial charge in [0, 0.05) is 28.2 Å². The van der Waals surface area contributed by atoms with Crippen molar-refractivity contribution in [2.45, 2.75) is 19.9 Å². The molecule has 4 aromatic carbocycles. The van der Waals surface area contributed by atoms with Gasteiger partial charge in [-0.1, -0.05) is 76.1 Å². The van der Waals surface area contributed by atoms with Crippen LogP contribution in [0.2, 0.25) is 0 Å². The Morgan fingerprint density at radius 3 is 2.18 bits per heavy atom. The lowest BCUT2D eigenvalue weighted by Crippen LogP contribution is -2.25. The zero-order valence-electron chi connectivity index (χ0n) is 20.8. The van der Waals surface area contributed by atoms with Gasteiger partial charge in [-0.05, 0) is 48.4 Å². The molecular weight excluding hydrogens is 564 g/mol. The van der Waals surface area contributed by atoms with Crippen LogP contribution in [0.25, 0.3) is 0 Å². The minimum absolute atomic E-state index is 0.0202. The van der Waals surface area contributed by atoms with Gasteiger partial charge in [0.2, 0.25) is 5.75 Å². The van der Waals surface area contributed by atoms with Crippen molar-refractivity contribution in [3.63, 3.8) is 0 Å². The number of nitro benzene ring substituents is 1. The molecule has 0 aromatic heterocycles. The Hall–Kier alpha value is -4.63. The second-order valence-electron chi connectivity index (χ2n) is 8.76. The number of hydrogen-bond donors (Lipinski definition) is 1. The third-order valence-corrected chi connectivity index (χ3v) is 6.42. The number of hydrogen-bond acceptors (Lipinski definition) is 6. The van der Waals surface area contributed by atoms with E-state index in [4.69, 9.17) is 4.74 Å². The van der Waals surface area contributed by atoms with Crippen LogP contribution in [0, 0.1) is 17.0 Å². The number of esters is 1. The van der Waals surface area contributed by atoms with Gasteiger partial charge >= 0.3 is 11.7 Å². The first-order valence-electron chi connectivity index (χ1n) is 11.9. The SMILES string of the molecule is Cc1ccc(CNC(=O)c2ccccc2C(=O)c2ccc(OC(=O)Cc3ccc(Br)cc3)c([N+](=O)[O-])c2)cc1. The molecule has 0 aliphatic carbocycles. The van der Waals surface area contributed by atoms with E-state index in [1.165, 1.54) is 24.3 Å². The minimum atomic E-state index is -0.723. The van der Waals surface area contributed by atoms with Gasteiger partial charge in [-0.25, -0.2) is 0 Å². The number of benzene rings is 4. The number of ketones is 1. The smallest absolute Gasteiger partial charge is 0.315 e. The fourth-order valence-corrected chi connectivity index (χ4v) is 4.10. The molecule has 0 bridgehead atoms. The second kappa shape index (κ2) is 12.3. The minimum Gasteiger partial charge on any atom is -0.419 e. The van der Waals surface area contributed by atoms with E-state index in [1.807, 2.05) is 31.2 Å². The molecule has 1 amide bonds. The topological polar surface area (TPSA) is 116 Å². The lowest BCUT2D eigenvalue weighted by atomic mass is 9.97. The van der Waals surface area contributed by atoms with Crippen LogP contribution in [0.3, 0.4) is 0 Å². The van der Waals surface area contributed by atoms with Crippen LogP contribution in [0.4, 0.5) is 5.69 Å². The Balaban J connectivity index is 1.52. The van der Waals surface area contributed by atoms with Crippen molar-refractivity contribution in [2.24, 2.45) is 0 Å². The molecule has 39 heavy (non-hydrogen) atoms. The van der Waals surface area contributed by atoms with Gasteiger partial charge in [0.15, 0.2) is 5.78 Å². The van der Waals surface area contributed by atoms with E-state index < -0.39 is 28.3 Å². The summed E-state index contributed by atoms with van der Waals surface area (Å²) in [5, 5.41) is 14.6. The first kappa shape index (κ1) is 27.4. The molecule has 0 radical (unpaired) electrons.